The fraction of sp³-hybridized carbons (Fsp3) is 0.381. The first-order valence-electron chi connectivity index (χ1n) is 8.78. The van der Waals surface area contributed by atoms with Crippen molar-refractivity contribution < 1.29 is 0 Å². The van der Waals surface area contributed by atoms with Crippen molar-refractivity contribution in [3.63, 3.8) is 0 Å². The number of rotatable bonds is 2. The molecule has 1 aromatic carbocycles. The summed E-state index contributed by atoms with van der Waals surface area (Å²) in [5.41, 5.74) is 6.21. The van der Waals surface area contributed by atoms with Gasteiger partial charge in [-0.1, -0.05) is 55.3 Å². The predicted molar refractivity (Wildman–Crippen MR) is 105 cm³/mol. The van der Waals surface area contributed by atoms with Gasteiger partial charge in [-0.3, -0.25) is 0 Å². The SMILES string of the molecule is CCc1nc2sc3c(c2c(-c2ccc(C)cc2)c1Cl)CCC(C)C3. The fourth-order valence-electron chi connectivity index (χ4n) is 3.72. The van der Waals surface area contributed by atoms with Crippen molar-refractivity contribution in [2.75, 3.05) is 0 Å². The summed E-state index contributed by atoms with van der Waals surface area (Å²) in [5, 5.41) is 2.15. The van der Waals surface area contributed by atoms with Gasteiger partial charge in [-0.05, 0) is 49.7 Å². The summed E-state index contributed by atoms with van der Waals surface area (Å²) < 4.78 is 0. The molecule has 0 N–H and O–H groups in total. The molecule has 0 saturated heterocycles. The standard InChI is InChI=1S/C21H22ClNS/c1-4-16-20(22)18(14-8-5-12(2)6-9-14)19-15-10-7-13(3)11-17(15)24-21(19)23-16/h5-6,8-9,13H,4,7,10-11H2,1-3H3. The maximum atomic E-state index is 6.83. The quantitative estimate of drug-likeness (QED) is 0.503. The van der Waals surface area contributed by atoms with Gasteiger partial charge in [0.15, 0.2) is 0 Å². The van der Waals surface area contributed by atoms with Crippen molar-refractivity contribution in [1.82, 2.24) is 4.98 Å². The van der Waals surface area contributed by atoms with Gasteiger partial charge < -0.3 is 0 Å². The molecule has 0 aliphatic heterocycles. The minimum atomic E-state index is 0.773. The fourth-order valence-corrected chi connectivity index (χ4v) is 5.52. The van der Waals surface area contributed by atoms with Crippen LogP contribution in [0.3, 0.4) is 0 Å². The molecular formula is C21H22ClNS. The summed E-state index contributed by atoms with van der Waals surface area (Å²) in [6.07, 6.45) is 4.47. The molecule has 4 rings (SSSR count). The molecule has 3 aromatic rings. The van der Waals surface area contributed by atoms with Crippen LogP contribution >= 0.6 is 22.9 Å². The largest absolute Gasteiger partial charge is 0.240 e. The van der Waals surface area contributed by atoms with Gasteiger partial charge in [0.2, 0.25) is 0 Å². The molecule has 2 heterocycles. The number of aryl methyl sites for hydroxylation is 3. The van der Waals surface area contributed by atoms with E-state index in [2.05, 4.69) is 45.0 Å². The third-order valence-electron chi connectivity index (χ3n) is 5.13. The third-order valence-corrected chi connectivity index (χ3v) is 6.68. The minimum absolute atomic E-state index is 0.773. The van der Waals surface area contributed by atoms with Crippen molar-refractivity contribution in [3.05, 3.63) is 51.0 Å². The second kappa shape index (κ2) is 6.16. The number of aromatic nitrogens is 1. The van der Waals surface area contributed by atoms with E-state index in [0.29, 0.717) is 0 Å². The Balaban J connectivity index is 2.05. The van der Waals surface area contributed by atoms with Gasteiger partial charge in [0, 0.05) is 15.8 Å². The molecule has 1 atom stereocenters. The second-order valence-corrected chi connectivity index (χ2v) is 8.46. The van der Waals surface area contributed by atoms with Crippen LogP contribution in [0.1, 0.15) is 42.0 Å². The van der Waals surface area contributed by atoms with Crippen LogP contribution in [0.4, 0.5) is 0 Å². The Morgan fingerprint density at radius 1 is 1.25 bits per heavy atom. The molecule has 0 spiro atoms. The maximum absolute atomic E-state index is 6.83. The first-order chi connectivity index (χ1) is 11.6. The summed E-state index contributed by atoms with van der Waals surface area (Å²) >= 11 is 8.72. The lowest BCUT2D eigenvalue weighted by Crippen LogP contribution is -2.08. The highest BCUT2D eigenvalue weighted by Gasteiger charge is 2.25. The van der Waals surface area contributed by atoms with E-state index >= 15 is 0 Å². The Morgan fingerprint density at radius 2 is 2.00 bits per heavy atom. The average Bonchev–Trinajstić information content (AvgIpc) is 2.92. The molecule has 24 heavy (non-hydrogen) atoms. The van der Waals surface area contributed by atoms with Crippen LogP contribution in [0, 0.1) is 12.8 Å². The average molecular weight is 356 g/mol. The molecule has 0 bridgehead atoms. The van der Waals surface area contributed by atoms with E-state index in [1.807, 2.05) is 11.3 Å². The lowest BCUT2D eigenvalue weighted by Gasteiger charge is -2.19. The number of pyridine rings is 1. The molecular weight excluding hydrogens is 334 g/mol. The Morgan fingerprint density at radius 3 is 2.71 bits per heavy atom. The van der Waals surface area contributed by atoms with Crippen molar-refractivity contribution >= 4 is 33.2 Å². The molecule has 0 radical (unpaired) electrons. The van der Waals surface area contributed by atoms with E-state index in [9.17, 15) is 0 Å². The molecule has 3 heteroatoms. The molecule has 0 saturated carbocycles. The third kappa shape index (κ3) is 2.57. The minimum Gasteiger partial charge on any atom is -0.240 e. The van der Waals surface area contributed by atoms with Gasteiger partial charge in [0.25, 0.3) is 0 Å². The topological polar surface area (TPSA) is 12.9 Å². The van der Waals surface area contributed by atoms with Crippen molar-refractivity contribution in [2.24, 2.45) is 5.92 Å². The predicted octanol–water partition coefficient (Wildman–Crippen LogP) is 6.61. The molecule has 1 unspecified atom stereocenters. The van der Waals surface area contributed by atoms with Crippen LogP contribution in [0.15, 0.2) is 24.3 Å². The Hall–Kier alpha value is -1.38. The van der Waals surface area contributed by atoms with Crippen LogP contribution < -0.4 is 0 Å². The van der Waals surface area contributed by atoms with E-state index in [1.54, 1.807) is 0 Å². The molecule has 1 aliphatic rings. The van der Waals surface area contributed by atoms with Crippen LogP contribution in [-0.4, -0.2) is 4.98 Å². The van der Waals surface area contributed by atoms with E-state index in [-0.39, 0.29) is 0 Å². The molecule has 124 valence electrons. The number of fused-ring (bicyclic) bond motifs is 3. The molecule has 2 aromatic heterocycles. The van der Waals surface area contributed by atoms with Gasteiger partial charge in [0.05, 0.1) is 10.7 Å². The van der Waals surface area contributed by atoms with Crippen LogP contribution in [0.2, 0.25) is 5.02 Å². The summed E-state index contributed by atoms with van der Waals surface area (Å²) in [6.45, 7) is 6.61. The van der Waals surface area contributed by atoms with E-state index in [1.165, 1.54) is 50.2 Å². The van der Waals surface area contributed by atoms with Crippen LogP contribution in [0.25, 0.3) is 21.3 Å². The van der Waals surface area contributed by atoms with Gasteiger partial charge >= 0.3 is 0 Å². The van der Waals surface area contributed by atoms with Gasteiger partial charge in [-0.25, -0.2) is 4.98 Å². The van der Waals surface area contributed by atoms with Gasteiger partial charge in [-0.15, -0.1) is 11.3 Å². The maximum Gasteiger partial charge on any atom is 0.124 e. The number of halogens is 1. The highest BCUT2D eigenvalue weighted by Crippen LogP contribution is 2.45. The number of hydrogen-bond donors (Lipinski definition) is 0. The normalized spacial score (nSPS) is 17.2. The smallest absolute Gasteiger partial charge is 0.124 e. The number of hydrogen-bond acceptors (Lipinski definition) is 2. The summed E-state index contributed by atoms with van der Waals surface area (Å²) in [5.74, 6) is 0.773. The number of nitrogens with zero attached hydrogens (tertiary/aromatic N) is 1. The Labute approximate surface area is 152 Å². The molecule has 0 fully saturated rings. The highest BCUT2D eigenvalue weighted by molar-refractivity contribution is 7.19. The zero-order chi connectivity index (χ0) is 16.8. The van der Waals surface area contributed by atoms with E-state index in [0.717, 1.165) is 29.5 Å². The zero-order valence-electron chi connectivity index (χ0n) is 14.4. The number of benzene rings is 1. The Kier molecular flexibility index (Phi) is 4.14. The zero-order valence-corrected chi connectivity index (χ0v) is 16.0. The monoisotopic (exact) mass is 355 g/mol. The lowest BCUT2D eigenvalue weighted by molar-refractivity contribution is 0.509. The summed E-state index contributed by atoms with van der Waals surface area (Å²) in [4.78, 5) is 7.61. The van der Waals surface area contributed by atoms with Crippen molar-refractivity contribution in [1.29, 1.82) is 0 Å². The van der Waals surface area contributed by atoms with E-state index in [4.69, 9.17) is 16.6 Å². The summed E-state index contributed by atoms with van der Waals surface area (Å²) in [7, 11) is 0. The second-order valence-electron chi connectivity index (χ2n) is 7.00. The van der Waals surface area contributed by atoms with Crippen LogP contribution in [-0.2, 0) is 19.3 Å². The highest BCUT2D eigenvalue weighted by atomic mass is 35.5. The first kappa shape index (κ1) is 16.1. The van der Waals surface area contributed by atoms with Gasteiger partial charge in [0.1, 0.15) is 4.83 Å². The molecule has 1 nitrogen and oxygen atoms in total. The number of thiophene rings is 1. The Bertz CT molecular complexity index is 908. The van der Waals surface area contributed by atoms with Crippen molar-refractivity contribution in [3.8, 4) is 11.1 Å². The van der Waals surface area contributed by atoms with Crippen molar-refractivity contribution in [2.45, 2.75) is 46.5 Å². The van der Waals surface area contributed by atoms with Gasteiger partial charge in [-0.2, -0.15) is 0 Å². The first-order valence-corrected chi connectivity index (χ1v) is 9.97. The van der Waals surface area contributed by atoms with E-state index < -0.39 is 0 Å². The molecule has 1 aliphatic carbocycles. The lowest BCUT2D eigenvalue weighted by atomic mass is 9.87. The van der Waals surface area contributed by atoms with Crippen LogP contribution in [0.5, 0.6) is 0 Å². The summed E-state index contributed by atoms with van der Waals surface area (Å²) in [6, 6.07) is 8.74. The molecule has 0 amide bonds.